The quantitative estimate of drug-likeness (QED) is 0.143. The summed E-state index contributed by atoms with van der Waals surface area (Å²) >= 11 is 0. The number of benzene rings is 1. The molecule has 0 saturated carbocycles. The molecule has 224 valence electrons. The molecule has 39 heavy (non-hydrogen) atoms. The fraction of sp³-hybridized carbons (Fsp3) is 0.724. The first-order valence-electron chi connectivity index (χ1n) is 14.6. The molecule has 1 unspecified atom stereocenters. The summed E-state index contributed by atoms with van der Waals surface area (Å²) in [6, 6.07) is 10.00. The summed E-state index contributed by atoms with van der Waals surface area (Å²) in [6.07, 6.45) is 6.19. The third kappa shape index (κ3) is 17.1. The van der Waals surface area contributed by atoms with Crippen molar-refractivity contribution < 1.29 is 22.6 Å². The van der Waals surface area contributed by atoms with Gasteiger partial charge in [-0.05, 0) is 69.3 Å². The maximum Gasteiger partial charge on any atom is 0.408 e. The van der Waals surface area contributed by atoms with Crippen LogP contribution in [0.4, 0.5) is 4.79 Å². The molecule has 0 aliphatic rings. The predicted molar refractivity (Wildman–Crippen MR) is 169 cm³/mol. The molecule has 2 N–H and O–H groups in total. The van der Waals surface area contributed by atoms with E-state index < -0.39 is 42.7 Å². The summed E-state index contributed by atoms with van der Waals surface area (Å²) in [5.41, 5.74) is 0.469. The maximum atomic E-state index is 12.8. The fourth-order valence-corrected chi connectivity index (χ4v) is 18.0. The second-order valence-electron chi connectivity index (χ2n) is 13.6. The monoisotopic (exact) mass is 596 g/mol. The van der Waals surface area contributed by atoms with Gasteiger partial charge in [-0.15, -0.1) is 0 Å². The molecule has 0 heterocycles. The van der Waals surface area contributed by atoms with Crippen LogP contribution in [0.5, 0.6) is 0 Å². The van der Waals surface area contributed by atoms with E-state index in [0.717, 1.165) is 24.8 Å². The number of alkyl carbamates (subject to hydrolysis) is 1. The number of carbonyl (C=O) groups excluding carboxylic acids is 2. The van der Waals surface area contributed by atoms with Crippen LogP contribution in [0.2, 0.25) is 51.9 Å². The van der Waals surface area contributed by atoms with Crippen molar-refractivity contribution in [2.24, 2.45) is 5.41 Å². The Morgan fingerprint density at radius 2 is 1.38 bits per heavy atom. The van der Waals surface area contributed by atoms with Crippen molar-refractivity contribution in [2.75, 3.05) is 6.54 Å². The first kappa shape index (κ1) is 35.6. The minimum Gasteiger partial charge on any atom is -0.445 e. The number of unbranched alkanes of at least 4 members (excludes halogenated alkanes) is 5. The number of amides is 2. The topological polar surface area (TPSA) is 85.9 Å². The van der Waals surface area contributed by atoms with Gasteiger partial charge < -0.3 is 23.6 Å². The van der Waals surface area contributed by atoms with Crippen molar-refractivity contribution in [1.82, 2.24) is 10.6 Å². The van der Waals surface area contributed by atoms with E-state index in [0.29, 0.717) is 6.54 Å². The minimum atomic E-state index is -2.06. The van der Waals surface area contributed by atoms with Gasteiger partial charge in [0.2, 0.25) is 5.91 Å². The lowest BCUT2D eigenvalue weighted by Gasteiger charge is -2.37. The smallest absolute Gasteiger partial charge is 0.408 e. The van der Waals surface area contributed by atoms with Crippen molar-refractivity contribution in [3.8, 4) is 0 Å². The van der Waals surface area contributed by atoms with Gasteiger partial charge in [0.05, 0.1) is 0 Å². The van der Waals surface area contributed by atoms with Crippen LogP contribution >= 0.6 is 0 Å². The second kappa shape index (κ2) is 16.1. The van der Waals surface area contributed by atoms with E-state index in [9.17, 15) is 9.59 Å². The van der Waals surface area contributed by atoms with Gasteiger partial charge in [0.15, 0.2) is 16.6 Å². The van der Waals surface area contributed by atoms with Crippen LogP contribution in [0.25, 0.3) is 0 Å². The molecule has 0 aromatic heterocycles. The van der Waals surface area contributed by atoms with Crippen LogP contribution in [0.3, 0.4) is 0 Å². The predicted octanol–water partition coefficient (Wildman–Crippen LogP) is 7.56. The third-order valence-electron chi connectivity index (χ3n) is 6.18. The van der Waals surface area contributed by atoms with Crippen molar-refractivity contribution in [1.29, 1.82) is 0 Å². The molecule has 0 spiro atoms. The third-order valence-corrected chi connectivity index (χ3v) is 16.3. The van der Waals surface area contributed by atoms with Crippen LogP contribution in [0.1, 0.15) is 64.9 Å². The van der Waals surface area contributed by atoms with Gasteiger partial charge in [0.1, 0.15) is 12.6 Å². The van der Waals surface area contributed by atoms with E-state index >= 15 is 0 Å². The number of rotatable bonds is 17. The zero-order valence-corrected chi connectivity index (χ0v) is 29.4. The van der Waals surface area contributed by atoms with Crippen LogP contribution < -0.4 is 10.6 Å². The maximum absolute atomic E-state index is 12.8. The Kier molecular flexibility index (Phi) is 14.7. The molecule has 0 aliphatic heterocycles. The lowest BCUT2D eigenvalue weighted by molar-refractivity contribution is -0.125. The lowest BCUT2D eigenvalue weighted by atomic mass is 9.86. The molecule has 1 rings (SSSR count). The molecule has 0 aliphatic carbocycles. The zero-order valence-electron chi connectivity index (χ0n) is 26.4. The highest BCUT2D eigenvalue weighted by molar-refractivity contribution is 6.87. The Balaban J connectivity index is 2.27. The molecule has 1 aromatic carbocycles. The van der Waals surface area contributed by atoms with Gasteiger partial charge in [0.25, 0.3) is 0 Å². The van der Waals surface area contributed by atoms with Crippen molar-refractivity contribution in [3.63, 3.8) is 0 Å². The molecule has 1 atom stereocenters. The van der Waals surface area contributed by atoms with Crippen LogP contribution in [0.15, 0.2) is 30.3 Å². The van der Waals surface area contributed by atoms with Crippen LogP contribution in [-0.4, -0.2) is 49.8 Å². The molecule has 10 heteroatoms. The van der Waals surface area contributed by atoms with E-state index in [1.807, 2.05) is 51.1 Å². The summed E-state index contributed by atoms with van der Waals surface area (Å²) in [6.45, 7) is 22.3. The van der Waals surface area contributed by atoms with E-state index in [1.54, 1.807) is 0 Å². The number of carbonyl (C=O) groups is 2. The number of hydrogen-bond donors (Lipinski definition) is 2. The normalized spacial score (nSPS) is 13.6. The van der Waals surface area contributed by atoms with Crippen molar-refractivity contribution >= 4 is 37.2 Å². The molecule has 0 radical (unpaired) electrons. The van der Waals surface area contributed by atoms with E-state index in [4.69, 9.17) is 13.0 Å². The molecular formula is C29H56N2O5Si3. The highest BCUT2D eigenvalue weighted by Gasteiger charge is 2.37. The molecule has 1 aromatic rings. The molecule has 0 bridgehead atoms. The number of hydrogen-bond acceptors (Lipinski definition) is 5. The average Bonchev–Trinajstić information content (AvgIpc) is 2.77. The highest BCUT2D eigenvalue weighted by Crippen LogP contribution is 2.25. The van der Waals surface area contributed by atoms with Gasteiger partial charge in [-0.2, -0.15) is 0 Å². The van der Waals surface area contributed by atoms with Gasteiger partial charge in [-0.25, -0.2) is 4.79 Å². The average molecular weight is 597 g/mol. The molecular weight excluding hydrogens is 541 g/mol. The Morgan fingerprint density at radius 3 is 1.95 bits per heavy atom. The summed E-state index contributed by atoms with van der Waals surface area (Å²) in [5, 5.41) is 5.76. The number of ether oxygens (including phenoxy) is 1. The van der Waals surface area contributed by atoms with Crippen LogP contribution in [-0.2, 0) is 24.4 Å². The van der Waals surface area contributed by atoms with Crippen molar-refractivity contribution in [3.05, 3.63) is 35.9 Å². The SMILES string of the molecule is CC(C)(C)C(NC(=O)OCc1ccccc1)C(=O)NCCCCCCCC[Si](C)(C)O[Si](C)(C)O[Si](C)(C)C. The van der Waals surface area contributed by atoms with E-state index in [2.05, 4.69) is 56.5 Å². The Labute approximate surface area is 241 Å². The van der Waals surface area contributed by atoms with Crippen LogP contribution in [0, 0.1) is 5.41 Å². The van der Waals surface area contributed by atoms with E-state index in [1.165, 1.54) is 25.3 Å². The largest absolute Gasteiger partial charge is 0.445 e. The standard InChI is InChI=1S/C29H56N2O5Si3/c1-29(2,3)26(31-28(33)34-24-25-20-16-15-17-21-25)27(32)30-22-18-13-11-12-14-19-23-38(7,8)36-39(9,10)35-37(4,5)6/h15-17,20-21,26H,11-14,18-19,22-24H2,1-10H3,(H,30,32)(H,31,33). The van der Waals surface area contributed by atoms with Gasteiger partial charge in [-0.3, -0.25) is 4.79 Å². The number of nitrogens with one attached hydrogen (secondary N) is 2. The Morgan fingerprint density at radius 1 is 0.821 bits per heavy atom. The molecule has 7 nitrogen and oxygen atoms in total. The van der Waals surface area contributed by atoms with Gasteiger partial charge in [0, 0.05) is 6.54 Å². The minimum absolute atomic E-state index is 0.170. The fourth-order valence-electron chi connectivity index (χ4n) is 4.73. The first-order valence-corrected chi connectivity index (χ1v) is 23.9. The summed E-state index contributed by atoms with van der Waals surface area (Å²) < 4.78 is 18.3. The van der Waals surface area contributed by atoms with Crippen molar-refractivity contribution in [2.45, 2.75) is 124 Å². The zero-order chi connectivity index (χ0) is 29.7. The Bertz CT molecular complexity index is 868. The summed E-state index contributed by atoms with van der Waals surface area (Å²) in [4.78, 5) is 25.2. The summed E-state index contributed by atoms with van der Waals surface area (Å²) in [7, 11) is -5.37. The lowest BCUT2D eigenvalue weighted by Crippen LogP contribution is -2.53. The first-order chi connectivity index (χ1) is 17.9. The second-order valence-corrected chi connectivity index (χ2v) is 26.3. The van der Waals surface area contributed by atoms with E-state index in [-0.39, 0.29) is 12.5 Å². The summed E-state index contributed by atoms with van der Waals surface area (Å²) in [5.74, 6) is -0.170. The molecule has 0 saturated heterocycles. The van der Waals surface area contributed by atoms with Gasteiger partial charge in [-0.1, -0.05) is 83.2 Å². The van der Waals surface area contributed by atoms with Gasteiger partial charge >= 0.3 is 14.7 Å². The molecule has 2 amide bonds. The molecule has 0 fully saturated rings. The Hall–Kier alpha value is -1.47. The highest BCUT2D eigenvalue weighted by atomic mass is 28.5.